The van der Waals surface area contributed by atoms with Gasteiger partial charge >= 0.3 is 6.36 Å². The Bertz CT molecular complexity index is 836. The number of para-hydroxylation sites is 1. The van der Waals surface area contributed by atoms with Gasteiger partial charge in [0.05, 0.1) is 0 Å². The van der Waals surface area contributed by atoms with Crippen molar-refractivity contribution in [3.8, 4) is 5.75 Å². The molecule has 0 saturated carbocycles. The van der Waals surface area contributed by atoms with Crippen molar-refractivity contribution in [1.29, 1.82) is 0 Å². The first-order chi connectivity index (χ1) is 13.2. The molecule has 2 aromatic carbocycles. The van der Waals surface area contributed by atoms with Crippen LogP contribution in [0.1, 0.15) is 17.5 Å². The average molecular weight is 392 g/mol. The smallest absolute Gasteiger partial charge is 0.405 e. The van der Waals surface area contributed by atoms with E-state index in [-0.39, 0.29) is 25.1 Å². The van der Waals surface area contributed by atoms with E-state index in [2.05, 4.69) is 4.74 Å². The van der Waals surface area contributed by atoms with E-state index in [0.717, 1.165) is 17.7 Å². The molecule has 148 valence electrons. The molecule has 0 aromatic heterocycles. The maximum atomic E-state index is 12.6. The first-order valence-corrected chi connectivity index (χ1v) is 8.38. The largest absolute Gasteiger partial charge is 0.573 e. The molecule has 0 atom stereocenters. The molecule has 0 bridgehead atoms. The summed E-state index contributed by atoms with van der Waals surface area (Å²) in [5.41, 5.74) is 6.10. The van der Waals surface area contributed by atoms with Crippen molar-refractivity contribution in [2.75, 3.05) is 6.54 Å². The Balaban J connectivity index is 2.17. The lowest BCUT2D eigenvalue weighted by molar-refractivity contribution is -0.274. The van der Waals surface area contributed by atoms with Gasteiger partial charge in [-0.15, -0.1) is 13.2 Å². The summed E-state index contributed by atoms with van der Waals surface area (Å²) in [6.45, 7) is 0.325. The van der Waals surface area contributed by atoms with E-state index in [0.29, 0.717) is 0 Å². The normalized spacial score (nSPS) is 11.4. The second-order valence-electron chi connectivity index (χ2n) is 5.88. The van der Waals surface area contributed by atoms with Crippen molar-refractivity contribution in [3.05, 3.63) is 71.8 Å². The fourth-order valence-electron chi connectivity index (χ4n) is 2.42. The standard InChI is InChI=1S/C20H19F3N2O3/c21-20(22,23)28-17-9-5-4-8-16(17)10-11-19(27)25(13-12-18(24)26)14-15-6-2-1-3-7-15/h1-11H,12-14H2,(H2,24,26). The lowest BCUT2D eigenvalue weighted by atomic mass is 10.1. The van der Waals surface area contributed by atoms with Crippen molar-refractivity contribution < 1.29 is 27.5 Å². The second kappa shape index (κ2) is 9.59. The number of nitrogens with zero attached hydrogens (tertiary/aromatic N) is 1. The molecule has 0 unspecified atom stereocenters. The second-order valence-corrected chi connectivity index (χ2v) is 5.88. The van der Waals surface area contributed by atoms with Gasteiger partial charge in [0.15, 0.2) is 0 Å². The third kappa shape index (κ3) is 7.14. The van der Waals surface area contributed by atoms with Crippen molar-refractivity contribution in [2.45, 2.75) is 19.3 Å². The minimum atomic E-state index is -4.84. The number of alkyl halides is 3. The van der Waals surface area contributed by atoms with Crippen LogP contribution in [0, 0.1) is 0 Å². The number of carbonyl (C=O) groups is 2. The molecule has 0 radical (unpaired) electrons. The summed E-state index contributed by atoms with van der Waals surface area (Å²) >= 11 is 0. The Morgan fingerprint density at radius 2 is 1.68 bits per heavy atom. The molecule has 0 aliphatic carbocycles. The van der Waals surface area contributed by atoms with E-state index in [4.69, 9.17) is 5.73 Å². The molecule has 2 aromatic rings. The molecule has 0 fully saturated rings. The molecule has 0 aliphatic rings. The molecule has 2 rings (SSSR count). The van der Waals surface area contributed by atoms with Crippen LogP contribution >= 0.6 is 0 Å². The number of primary amides is 1. The van der Waals surface area contributed by atoms with Crippen LogP contribution in [-0.2, 0) is 16.1 Å². The van der Waals surface area contributed by atoms with Crippen LogP contribution in [0.4, 0.5) is 13.2 Å². The number of benzene rings is 2. The van der Waals surface area contributed by atoms with E-state index in [1.807, 2.05) is 30.3 Å². The van der Waals surface area contributed by atoms with E-state index in [9.17, 15) is 22.8 Å². The van der Waals surface area contributed by atoms with Crippen LogP contribution in [0.15, 0.2) is 60.7 Å². The van der Waals surface area contributed by atoms with E-state index < -0.39 is 23.9 Å². The molecule has 0 heterocycles. The van der Waals surface area contributed by atoms with Gasteiger partial charge in [-0.1, -0.05) is 48.5 Å². The first-order valence-electron chi connectivity index (χ1n) is 8.38. The Hall–Kier alpha value is -3.29. The molecule has 0 aliphatic heterocycles. The van der Waals surface area contributed by atoms with E-state index in [1.165, 1.54) is 29.2 Å². The van der Waals surface area contributed by atoms with Crippen LogP contribution in [0.25, 0.3) is 6.08 Å². The first kappa shape index (κ1) is 21.0. The minimum Gasteiger partial charge on any atom is -0.405 e. The van der Waals surface area contributed by atoms with Gasteiger partial charge in [-0.2, -0.15) is 0 Å². The van der Waals surface area contributed by atoms with Crippen LogP contribution < -0.4 is 10.5 Å². The zero-order valence-electron chi connectivity index (χ0n) is 14.9. The predicted molar refractivity (Wildman–Crippen MR) is 97.8 cm³/mol. The number of hydrogen-bond donors (Lipinski definition) is 1. The monoisotopic (exact) mass is 392 g/mol. The number of amides is 2. The maximum Gasteiger partial charge on any atom is 0.573 e. The number of halogens is 3. The van der Waals surface area contributed by atoms with Crippen LogP contribution in [0.2, 0.25) is 0 Å². The quantitative estimate of drug-likeness (QED) is 0.699. The predicted octanol–water partition coefficient (Wildman–Crippen LogP) is 3.50. The fourth-order valence-corrected chi connectivity index (χ4v) is 2.42. The number of carbonyl (C=O) groups excluding carboxylic acids is 2. The van der Waals surface area contributed by atoms with Gasteiger partial charge in [-0.25, -0.2) is 0 Å². The molecule has 28 heavy (non-hydrogen) atoms. The summed E-state index contributed by atoms with van der Waals surface area (Å²) in [7, 11) is 0. The summed E-state index contributed by atoms with van der Waals surface area (Å²) in [6, 6.07) is 14.6. The highest BCUT2D eigenvalue weighted by Crippen LogP contribution is 2.27. The zero-order chi connectivity index (χ0) is 20.6. The van der Waals surface area contributed by atoms with Crippen molar-refractivity contribution in [2.24, 2.45) is 5.73 Å². The van der Waals surface area contributed by atoms with Crippen LogP contribution in [0.3, 0.4) is 0 Å². The Morgan fingerprint density at radius 3 is 2.32 bits per heavy atom. The van der Waals surface area contributed by atoms with E-state index >= 15 is 0 Å². The highest BCUT2D eigenvalue weighted by Gasteiger charge is 2.31. The highest BCUT2D eigenvalue weighted by atomic mass is 19.4. The van der Waals surface area contributed by atoms with Gasteiger partial charge in [-0.3, -0.25) is 9.59 Å². The lowest BCUT2D eigenvalue weighted by Gasteiger charge is -2.21. The molecule has 2 N–H and O–H groups in total. The Labute approximate surface area is 160 Å². The summed E-state index contributed by atoms with van der Waals surface area (Å²) in [6.07, 6.45) is -2.48. The third-order valence-electron chi connectivity index (χ3n) is 3.71. The topological polar surface area (TPSA) is 72.6 Å². The van der Waals surface area contributed by atoms with Gasteiger partial charge in [0.2, 0.25) is 11.8 Å². The summed E-state index contributed by atoms with van der Waals surface area (Å²) < 4.78 is 41.5. The zero-order valence-corrected chi connectivity index (χ0v) is 14.9. The minimum absolute atomic E-state index is 0.0276. The lowest BCUT2D eigenvalue weighted by Crippen LogP contribution is -2.32. The van der Waals surface area contributed by atoms with Gasteiger partial charge < -0.3 is 15.4 Å². The van der Waals surface area contributed by atoms with Crippen molar-refractivity contribution in [1.82, 2.24) is 4.90 Å². The Kier molecular flexibility index (Phi) is 7.20. The number of ether oxygens (including phenoxy) is 1. The summed E-state index contributed by atoms with van der Waals surface area (Å²) in [4.78, 5) is 25.0. The highest BCUT2D eigenvalue weighted by molar-refractivity contribution is 5.92. The molecular weight excluding hydrogens is 373 g/mol. The van der Waals surface area contributed by atoms with Crippen molar-refractivity contribution in [3.63, 3.8) is 0 Å². The SMILES string of the molecule is NC(=O)CCN(Cc1ccccc1)C(=O)C=Cc1ccccc1OC(F)(F)F. The van der Waals surface area contributed by atoms with Crippen LogP contribution in [-0.4, -0.2) is 29.6 Å². The fraction of sp³-hybridized carbons (Fsp3) is 0.200. The molecule has 0 spiro atoms. The average Bonchev–Trinajstić information content (AvgIpc) is 2.63. The third-order valence-corrected chi connectivity index (χ3v) is 3.71. The molecular formula is C20H19F3N2O3. The van der Waals surface area contributed by atoms with Gasteiger partial charge in [0, 0.05) is 31.1 Å². The summed E-state index contributed by atoms with van der Waals surface area (Å²) in [5.74, 6) is -1.43. The molecule has 5 nitrogen and oxygen atoms in total. The van der Waals surface area contributed by atoms with E-state index in [1.54, 1.807) is 0 Å². The molecule has 8 heteroatoms. The number of rotatable bonds is 8. The van der Waals surface area contributed by atoms with Crippen molar-refractivity contribution >= 4 is 17.9 Å². The molecule has 2 amide bonds. The number of hydrogen-bond acceptors (Lipinski definition) is 3. The van der Waals surface area contributed by atoms with Crippen LogP contribution in [0.5, 0.6) is 5.75 Å². The summed E-state index contributed by atoms with van der Waals surface area (Å²) in [5, 5.41) is 0. The van der Waals surface area contributed by atoms with Gasteiger partial charge in [0.25, 0.3) is 0 Å². The van der Waals surface area contributed by atoms with Gasteiger partial charge in [0.1, 0.15) is 5.75 Å². The Morgan fingerprint density at radius 1 is 1.04 bits per heavy atom. The van der Waals surface area contributed by atoms with Gasteiger partial charge in [-0.05, 0) is 17.7 Å². The maximum absolute atomic E-state index is 12.6. The number of nitrogens with two attached hydrogens (primary N) is 1. The molecule has 0 saturated heterocycles.